The largest absolute Gasteiger partial charge is 0.300 e. The average Bonchev–Trinajstić information content (AvgIpc) is 2.55. The molecule has 0 atom stereocenters. The van der Waals surface area contributed by atoms with Crippen molar-refractivity contribution in [1.29, 1.82) is 0 Å². The maximum absolute atomic E-state index is 10.6. The molecule has 1 heterocycles. The number of ketones is 1. The third-order valence-corrected chi connectivity index (χ3v) is 3.12. The molecule has 0 N–H and O–H groups in total. The molecule has 0 saturated carbocycles. The molecule has 2 heteroatoms. The molecule has 0 radical (unpaired) electrons. The number of benzene rings is 2. The number of rotatable bonds is 3. The third kappa shape index (κ3) is 5.19. The van der Waals surface area contributed by atoms with Gasteiger partial charge in [-0.25, -0.2) is 0 Å². The van der Waals surface area contributed by atoms with Gasteiger partial charge in [0.05, 0.1) is 5.52 Å². The van der Waals surface area contributed by atoms with Gasteiger partial charge < -0.3 is 4.79 Å². The van der Waals surface area contributed by atoms with E-state index in [-0.39, 0.29) is 5.78 Å². The van der Waals surface area contributed by atoms with Crippen molar-refractivity contribution in [2.75, 3.05) is 0 Å². The van der Waals surface area contributed by atoms with Gasteiger partial charge >= 0.3 is 0 Å². The molecule has 0 unspecified atom stereocenters. The first kappa shape index (κ1) is 14.9. The van der Waals surface area contributed by atoms with Crippen LogP contribution in [0.5, 0.6) is 0 Å². The third-order valence-electron chi connectivity index (χ3n) is 3.12. The van der Waals surface area contributed by atoms with Crippen LogP contribution in [0.25, 0.3) is 10.9 Å². The molecular formula is C19H19NO. The van der Waals surface area contributed by atoms with E-state index >= 15 is 0 Å². The highest BCUT2D eigenvalue weighted by molar-refractivity contribution is 5.77. The summed E-state index contributed by atoms with van der Waals surface area (Å²) in [6.45, 7) is 1.63. The fraction of sp³-hybridized carbons (Fsp3) is 0.158. The van der Waals surface area contributed by atoms with Crippen molar-refractivity contribution in [2.24, 2.45) is 0 Å². The fourth-order valence-electron chi connectivity index (χ4n) is 1.98. The summed E-state index contributed by atoms with van der Waals surface area (Å²) >= 11 is 0. The van der Waals surface area contributed by atoms with Gasteiger partial charge in [-0.2, -0.15) is 0 Å². The lowest BCUT2D eigenvalue weighted by Crippen LogP contribution is -1.92. The standard InChI is InChI=1S/C10H12O.C9H7N/c1-9(11)7-8-10-5-3-2-4-6-10;1-2-6-9-8(4-1)5-3-7-10-9/h2-6H,7-8H2,1H3;1-7H. The van der Waals surface area contributed by atoms with Gasteiger partial charge in [0, 0.05) is 18.0 Å². The Morgan fingerprint density at radius 1 is 0.905 bits per heavy atom. The Bertz CT molecular complexity index is 627. The second-order valence-electron chi connectivity index (χ2n) is 4.88. The molecule has 21 heavy (non-hydrogen) atoms. The highest BCUT2D eigenvalue weighted by Crippen LogP contribution is 2.07. The molecule has 3 rings (SSSR count). The smallest absolute Gasteiger partial charge is 0.130 e. The number of aromatic nitrogens is 1. The van der Waals surface area contributed by atoms with E-state index in [0.717, 1.165) is 11.9 Å². The number of aryl methyl sites for hydroxylation is 1. The van der Waals surface area contributed by atoms with E-state index in [0.29, 0.717) is 6.42 Å². The molecular weight excluding hydrogens is 258 g/mol. The molecule has 2 nitrogen and oxygen atoms in total. The minimum absolute atomic E-state index is 0.258. The van der Waals surface area contributed by atoms with Crippen LogP contribution in [0.15, 0.2) is 72.9 Å². The lowest BCUT2D eigenvalue weighted by molar-refractivity contribution is -0.116. The molecule has 0 amide bonds. The van der Waals surface area contributed by atoms with Crippen LogP contribution in [0, 0.1) is 0 Å². The highest BCUT2D eigenvalue weighted by atomic mass is 16.1. The Labute approximate surface area is 125 Å². The molecule has 3 aromatic rings. The number of para-hydroxylation sites is 1. The lowest BCUT2D eigenvalue weighted by atomic mass is 10.1. The van der Waals surface area contributed by atoms with Crippen molar-refractivity contribution in [3.05, 3.63) is 78.5 Å². The van der Waals surface area contributed by atoms with E-state index in [9.17, 15) is 4.79 Å². The zero-order chi connectivity index (χ0) is 14.9. The van der Waals surface area contributed by atoms with E-state index in [4.69, 9.17) is 0 Å². The van der Waals surface area contributed by atoms with Crippen LogP contribution in [-0.4, -0.2) is 10.8 Å². The van der Waals surface area contributed by atoms with Crippen LogP contribution in [0.3, 0.4) is 0 Å². The zero-order valence-corrected chi connectivity index (χ0v) is 12.2. The summed E-state index contributed by atoms with van der Waals surface area (Å²) in [4.78, 5) is 14.8. The number of fused-ring (bicyclic) bond motifs is 1. The Balaban J connectivity index is 0.000000154. The Kier molecular flexibility index (Phi) is 5.65. The average molecular weight is 277 g/mol. The van der Waals surface area contributed by atoms with E-state index in [1.807, 2.05) is 60.8 Å². The van der Waals surface area contributed by atoms with Gasteiger partial charge in [0.1, 0.15) is 5.78 Å². The molecule has 0 aliphatic heterocycles. The zero-order valence-electron chi connectivity index (χ0n) is 12.2. The Hall–Kier alpha value is -2.48. The van der Waals surface area contributed by atoms with Crippen LogP contribution in [0.1, 0.15) is 18.9 Å². The van der Waals surface area contributed by atoms with Crippen LogP contribution >= 0.6 is 0 Å². The first-order chi connectivity index (χ1) is 10.3. The number of pyridine rings is 1. The van der Waals surface area contributed by atoms with Gasteiger partial charge in [-0.1, -0.05) is 54.6 Å². The first-order valence-corrected chi connectivity index (χ1v) is 7.09. The molecule has 0 bridgehead atoms. The van der Waals surface area contributed by atoms with Crippen molar-refractivity contribution >= 4 is 16.7 Å². The summed E-state index contributed by atoms with van der Waals surface area (Å²) in [5, 5.41) is 1.20. The fourth-order valence-corrected chi connectivity index (χ4v) is 1.98. The van der Waals surface area contributed by atoms with Crippen LogP contribution in [0.4, 0.5) is 0 Å². The Morgan fingerprint density at radius 2 is 1.57 bits per heavy atom. The predicted molar refractivity (Wildman–Crippen MR) is 87.2 cm³/mol. The lowest BCUT2D eigenvalue weighted by Gasteiger charge is -1.96. The van der Waals surface area contributed by atoms with E-state index < -0.39 is 0 Å². The SMILES string of the molecule is CC(=O)CCc1ccccc1.c1ccc2ncccc2c1. The molecule has 1 aromatic heterocycles. The molecule has 0 saturated heterocycles. The van der Waals surface area contributed by atoms with Crippen molar-refractivity contribution in [3.8, 4) is 0 Å². The minimum Gasteiger partial charge on any atom is -0.300 e. The normalized spacial score (nSPS) is 9.76. The van der Waals surface area contributed by atoms with Gasteiger partial charge in [0.25, 0.3) is 0 Å². The first-order valence-electron chi connectivity index (χ1n) is 7.09. The van der Waals surface area contributed by atoms with Crippen molar-refractivity contribution in [3.63, 3.8) is 0 Å². The van der Waals surface area contributed by atoms with Crippen LogP contribution < -0.4 is 0 Å². The summed E-state index contributed by atoms with van der Waals surface area (Å²) in [6.07, 6.45) is 3.34. The van der Waals surface area contributed by atoms with Crippen LogP contribution in [-0.2, 0) is 11.2 Å². The monoisotopic (exact) mass is 277 g/mol. The molecule has 0 spiro atoms. The van der Waals surface area contributed by atoms with Gasteiger partial charge in [-0.3, -0.25) is 4.98 Å². The topological polar surface area (TPSA) is 30.0 Å². The summed E-state index contributed by atoms with van der Waals surface area (Å²) in [6, 6.07) is 22.1. The molecule has 0 aliphatic rings. The molecule has 2 aromatic carbocycles. The van der Waals surface area contributed by atoms with Gasteiger partial charge in [0.15, 0.2) is 0 Å². The van der Waals surface area contributed by atoms with E-state index in [1.165, 1.54) is 10.9 Å². The predicted octanol–water partition coefficient (Wildman–Crippen LogP) is 4.44. The van der Waals surface area contributed by atoms with Gasteiger partial charge in [-0.05, 0) is 31.0 Å². The molecule has 0 aliphatic carbocycles. The van der Waals surface area contributed by atoms with E-state index in [2.05, 4.69) is 17.1 Å². The van der Waals surface area contributed by atoms with Crippen molar-refractivity contribution in [1.82, 2.24) is 4.98 Å². The number of carbonyl (C=O) groups is 1. The summed E-state index contributed by atoms with van der Waals surface area (Å²) in [5.74, 6) is 0.258. The van der Waals surface area contributed by atoms with Gasteiger partial charge in [-0.15, -0.1) is 0 Å². The summed E-state index contributed by atoms with van der Waals surface area (Å²) in [7, 11) is 0. The number of Topliss-reactive ketones (excluding diaryl/α,β-unsaturated/α-hetero) is 1. The summed E-state index contributed by atoms with van der Waals surface area (Å²) < 4.78 is 0. The second-order valence-corrected chi connectivity index (χ2v) is 4.88. The molecule has 106 valence electrons. The van der Waals surface area contributed by atoms with Crippen molar-refractivity contribution in [2.45, 2.75) is 19.8 Å². The minimum atomic E-state index is 0.258. The molecule has 0 fully saturated rings. The quantitative estimate of drug-likeness (QED) is 0.708. The van der Waals surface area contributed by atoms with E-state index in [1.54, 1.807) is 6.92 Å². The summed E-state index contributed by atoms with van der Waals surface area (Å²) in [5.41, 5.74) is 2.30. The Morgan fingerprint density at radius 3 is 2.29 bits per heavy atom. The number of carbonyl (C=O) groups excluding carboxylic acids is 1. The maximum Gasteiger partial charge on any atom is 0.130 e. The second kappa shape index (κ2) is 7.95. The number of hydrogen-bond acceptors (Lipinski definition) is 2. The number of hydrogen-bond donors (Lipinski definition) is 0. The number of nitrogens with zero attached hydrogens (tertiary/aromatic N) is 1. The van der Waals surface area contributed by atoms with Crippen LogP contribution in [0.2, 0.25) is 0 Å². The highest BCUT2D eigenvalue weighted by Gasteiger charge is 1.94. The van der Waals surface area contributed by atoms with Gasteiger partial charge in [0.2, 0.25) is 0 Å². The van der Waals surface area contributed by atoms with Crippen molar-refractivity contribution < 1.29 is 4.79 Å². The maximum atomic E-state index is 10.6.